The third-order valence-corrected chi connectivity index (χ3v) is 3.67. The fourth-order valence-electron chi connectivity index (χ4n) is 1.91. The number of hydrogen-bond donors (Lipinski definition) is 4. The Bertz CT molecular complexity index is 401. The normalized spacial score (nSPS) is 11.4. The molecule has 0 amide bonds. The third kappa shape index (κ3) is 4.29. The smallest absolute Gasteiger partial charge is 0.158 e. The summed E-state index contributed by atoms with van der Waals surface area (Å²) in [7, 11) is 1.59. The van der Waals surface area contributed by atoms with E-state index >= 15 is 0 Å². The van der Waals surface area contributed by atoms with Gasteiger partial charge in [0.25, 0.3) is 0 Å². The predicted molar refractivity (Wildman–Crippen MR) is 79.1 cm³/mol. The Hall–Kier alpha value is -1.44. The zero-order valence-corrected chi connectivity index (χ0v) is 12.4. The standard InChI is InChI=1S/C13H25N5O2/c1-4-13(5-2,9-19)8-15-10-6-11(18-14)17-12(16-10)7-20-3/h6,19H,4-5,7-9,14H2,1-3H3,(H2,15,16,17,18). The molecule has 0 atom stereocenters. The van der Waals surface area contributed by atoms with Crippen LogP contribution in [0.3, 0.4) is 0 Å². The second kappa shape index (κ2) is 7.98. The van der Waals surface area contributed by atoms with Gasteiger partial charge in [0.15, 0.2) is 5.82 Å². The van der Waals surface area contributed by atoms with Crippen LogP contribution < -0.4 is 16.6 Å². The topological polar surface area (TPSA) is 105 Å². The van der Waals surface area contributed by atoms with Gasteiger partial charge in [0.05, 0.1) is 6.61 Å². The molecule has 0 bridgehead atoms. The molecule has 0 radical (unpaired) electrons. The SMILES string of the molecule is CCC(CC)(CO)CNc1cc(NN)nc(COC)n1. The van der Waals surface area contributed by atoms with Gasteiger partial charge in [-0.15, -0.1) is 0 Å². The Morgan fingerprint density at radius 3 is 2.45 bits per heavy atom. The largest absolute Gasteiger partial charge is 0.396 e. The molecule has 1 aromatic heterocycles. The minimum atomic E-state index is -0.136. The van der Waals surface area contributed by atoms with E-state index in [-0.39, 0.29) is 12.0 Å². The Balaban J connectivity index is 2.83. The maximum Gasteiger partial charge on any atom is 0.158 e. The highest BCUT2D eigenvalue weighted by molar-refractivity contribution is 5.46. The lowest BCUT2D eigenvalue weighted by atomic mass is 9.83. The van der Waals surface area contributed by atoms with Crippen molar-refractivity contribution in [1.82, 2.24) is 9.97 Å². The molecule has 20 heavy (non-hydrogen) atoms. The van der Waals surface area contributed by atoms with Crippen LogP contribution >= 0.6 is 0 Å². The molecule has 0 saturated heterocycles. The highest BCUT2D eigenvalue weighted by Gasteiger charge is 2.25. The van der Waals surface area contributed by atoms with E-state index < -0.39 is 0 Å². The van der Waals surface area contributed by atoms with Gasteiger partial charge in [0.2, 0.25) is 0 Å². The number of nitrogens with zero attached hydrogens (tertiary/aromatic N) is 2. The number of ether oxygens (including phenoxy) is 1. The Labute approximate surface area is 119 Å². The number of nitrogens with two attached hydrogens (primary N) is 1. The summed E-state index contributed by atoms with van der Waals surface area (Å²) >= 11 is 0. The van der Waals surface area contributed by atoms with E-state index in [1.807, 2.05) is 0 Å². The van der Waals surface area contributed by atoms with Crippen LogP contribution in [0.2, 0.25) is 0 Å². The van der Waals surface area contributed by atoms with Crippen LogP contribution in [-0.4, -0.2) is 35.3 Å². The van der Waals surface area contributed by atoms with Gasteiger partial charge in [-0.25, -0.2) is 15.8 Å². The molecule has 1 aromatic rings. The number of aliphatic hydroxyl groups is 1. The molecular weight excluding hydrogens is 258 g/mol. The predicted octanol–water partition coefficient (Wildman–Crippen LogP) is 1.12. The van der Waals surface area contributed by atoms with E-state index in [0.717, 1.165) is 12.8 Å². The molecule has 0 saturated carbocycles. The molecule has 0 aliphatic carbocycles. The first-order valence-corrected chi connectivity index (χ1v) is 6.81. The second-order valence-corrected chi connectivity index (χ2v) is 4.85. The van der Waals surface area contributed by atoms with E-state index in [4.69, 9.17) is 10.6 Å². The first-order chi connectivity index (χ1) is 9.62. The number of aromatic nitrogens is 2. The van der Waals surface area contributed by atoms with Gasteiger partial charge in [-0.1, -0.05) is 13.8 Å². The molecule has 1 rings (SSSR count). The van der Waals surface area contributed by atoms with Crippen molar-refractivity contribution in [2.24, 2.45) is 11.3 Å². The first-order valence-electron chi connectivity index (χ1n) is 6.81. The summed E-state index contributed by atoms with van der Waals surface area (Å²) in [6.45, 7) is 5.25. The van der Waals surface area contributed by atoms with Crippen LogP contribution in [0.25, 0.3) is 0 Å². The van der Waals surface area contributed by atoms with Crippen molar-refractivity contribution in [3.63, 3.8) is 0 Å². The lowest BCUT2D eigenvalue weighted by Gasteiger charge is -2.29. The fourth-order valence-corrected chi connectivity index (χ4v) is 1.91. The van der Waals surface area contributed by atoms with Crippen LogP contribution in [0.1, 0.15) is 32.5 Å². The minimum absolute atomic E-state index is 0.136. The van der Waals surface area contributed by atoms with Crippen molar-refractivity contribution in [3.05, 3.63) is 11.9 Å². The van der Waals surface area contributed by atoms with Gasteiger partial charge in [-0.2, -0.15) is 0 Å². The molecule has 1 heterocycles. The summed E-state index contributed by atoms with van der Waals surface area (Å²) < 4.78 is 5.03. The monoisotopic (exact) mass is 283 g/mol. The maximum atomic E-state index is 9.57. The zero-order chi connectivity index (χ0) is 15.0. The van der Waals surface area contributed by atoms with Gasteiger partial charge in [-0.05, 0) is 12.8 Å². The fraction of sp³-hybridized carbons (Fsp3) is 0.692. The molecule has 114 valence electrons. The third-order valence-electron chi connectivity index (χ3n) is 3.67. The zero-order valence-electron chi connectivity index (χ0n) is 12.4. The Morgan fingerprint density at radius 2 is 1.95 bits per heavy atom. The molecule has 0 aliphatic rings. The molecule has 0 aromatic carbocycles. The highest BCUT2D eigenvalue weighted by atomic mass is 16.5. The molecule has 0 spiro atoms. The van der Waals surface area contributed by atoms with Crippen LogP contribution in [-0.2, 0) is 11.3 Å². The number of hydrazine groups is 1. The van der Waals surface area contributed by atoms with Crippen molar-refractivity contribution in [2.75, 3.05) is 31.0 Å². The number of hydrogen-bond acceptors (Lipinski definition) is 7. The lowest BCUT2D eigenvalue weighted by Crippen LogP contribution is -2.32. The Morgan fingerprint density at radius 1 is 1.30 bits per heavy atom. The molecule has 0 fully saturated rings. The average molecular weight is 283 g/mol. The summed E-state index contributed by atoms with van der Waals surface area (Å²) in [6.07, 6.45) is 1.79. The van der Waals surface area contributed by atoms with E-state index in [9.17, 15) is 5.11 Å². The van der Waals surface area contributed by atoms with Crippen LogP contribution in [0.4, 0.5) is 11.6 Å². The van der Waals surface area contributed by atoms with E-state index in [1.165, 1.54) is 0 Å². The number of nitrogens with one attached hydrogen (secondary N) is 2. The van der Waals surface area contributed by atoms with Crippen molar-refractivity contribution in [1.29, 1.82) is 0 Å². The van der Waals surface area contributed by atoms with Crippen LogP contribution in [0, 0.1) is 5.41 Å². The first kappa shape index (κ1) is 16.6. The van der Waals surface area contributed by atoms with Crippen LogP contribution in [0.5, 0.6) is 0 Å². The molecule has 7 nitrogen and oxygen atoms in total. The molecule has 7 heteroatoms. The molecule has 5 N–H and O–H groups in total. The van der Waals surface area contributed by atoms with Crippen molar-refractivity contribution < 1.29 is 9.84 Å². The highest BCUT2D eigenvalue weighted by Crippen LogP contribution is 2.26. The number of aliphatic hydroxyl groups excluding tert-OH is 1. The maximum absolute atomic E-state index is 9.57. The summed E-state index contributed by atoms with van der Waals surface area (Å²) in [4.78, 5) is 8.54. The van der Waals surface area contributed by atoms with Crippen molar-refractivity contribution in [3.8, 4) is 0 Å². The number of anilines is 2. The Kier molecular flexibility index (Phi) is 6.63. The van der Waals surface area contributed by atoms with E-state index in [2.05, 4.69) is 34.6 Å². The number of rotatable bonds is 9. The summed E-state index contributed by atoms with van der Waals surface area (Å²) in [5.41, 5.74) is 2.37. The van der Waals surface area contributed by atoms with Gasteiger partial charge >= 0.3 is 0 Å². The molecule has 0 unspecified atom stereocenters. The second-order valence-electron chi connectivity index (χ2n) is 4.85. The summed E-state index contributed by atoms with van der Waals surface area (Å²) in [5, 5.41) is 12.8. The number of nitrogen functional groups attached to an aromatic ring is 1. The lowest BCUT2D eigenvalue weighted by molar-refractivity contribution is 0.127. The van der Waals surface area contributed by atoms with Gasteiger partial charge < -0.3 is 20.6 Å². The van der Waals surface area contributed by atoms with E-state index in [0.29, 0.717) is 30.6 Å². The van der Waals surface area contributed by atoms with Crippen LogP contribution in [0.15, 0.2) is 6.07 Å². The average Bonchev–Trinajstić information content (AvgIpc) is 2.49. The molecule has 0 aliphatic heterocycles. The van der Waals surface area contributed by atoms with Crippen molar-refractivity contribution >= 4 is 11.6 Å². The summed E-state index contributed by atoms with van der Waals surface area (Å²) in [6, 6.07) is 1.73. The van der Waals surface area contributed by atoms with Gasteiger partial charge in [-0.3, -0.25) is 0 Å². The minimum Gasteiger partial charge on any atom is -0.396 e. The van der Waals surface area contributed by atoms with Gasteiger partial charge in [0.1, 0.15) is 18.2 Å². The quantitative estimate of drug-likeness (QED) is 0.397. The van der Waals surface area contributed by atoms with E-state index in [1.54, 1.807) is 13.2 Å². The van der Waals surface area contributed by atoms with Crippen molar-refractivity contribution in [2.45, 2.75) is 33.3 Å². The number of methoxy groups -OCH3 is 1. The summed E-state index contributed by atoms with van der Waals surface area (Å²) in [5.74, 6) is 7.14. The molecular formula is C13H25N5O2. The van der Waals surface area contributed by atoms with Gasteiger partial charge in [0, 0.05) is 25.1 Å².